The maximum Gasteiger partial charge on any atom is 0.0659 e. The Morgan fingerprint density at radius 2 is 1.90 bits per heavy atom. The highest BCUT2D eigenvalue weighted by molar-refractivity contribution is 5.63. The van der Waals surface area contributed by atoms with Crippen LogP contribution < -0.4 is 0 Å². The van der Waals surface area contributed by atoms with Crippen molar-refractivity contribution in [1.82, 2.24) is 9.88 Å². The third-order valence-corrected chi connectivity index (χ3v) is 3.12. The zero-order valence-corrected chi connectivity index (χ0v) is 14.0. The predicted octanol–water partition coefficient (Wildman–Crippen LogP) is 5.02. The van der Waals surface area contributed by atoms with E-state index in [0.29, 0.717) is 0 Å². The van der Waals surface area contributed by atoms with Gasteiger partial charge in [-0.05, 0) is 37.1 Å². The minimum Gasteiger partial charge on any atom is -0.299 e. The lowest BCUT2D eigenvalue weighted by molar-refractivity contribution is 0.297. The minimum atomic E-state index is 1.09. The average Bonchev–Trinajstić information content (AvgIpc) is 2.58. The van der Waals surface area contributed by atoms with Gasteiger partial charge in [0.2, 0.25) is 0 Å². The number of hydrogen-bond acceptors (Lipinski definition) is 2. The van der Waals surface area contributed by atoms with Crippen molar-refractivity contribution in [3.05, 3.63) is 36.2 Å². The van der Waals surface area contributed by atoms with Gasteiger partial charge in [-0.2, -0.15) is 0 Å². The Morgan fingerprint density at radius 1 is 1.15 bits per heavy atom. The van der Waals surface area contributed by atoms with Crippen molar-refractivity contribution in [3.8, 4) is 0 Å². The second-order valence-electron chi connectivity index (χ2n) is 4.35. The lowest BCUT2D eigenvalue weighted by Crippen LogP contribution is -2.29. The summed E-state index contributed by atoms with van der Waals surface area (Å²) in [5.41, 5.74) is 2.56. The summed E-state index contributed by atoms with van der Waals surface area (Å²) in [7, 11) is 0. The molecule has 0 saturated heterocycles. The second-order valence-corrected chi connectivity index (χ2v) is 4.35. The highest BCUT2D eigenvalue weighted by Gasteiger charge is 2.12. The molecule has 2 nitrogen and oxygen atoms in total. The molecule has 0 aliphatic carbocycles. The third kappa shape index (κ3) is 6.85. The number of pyridine rings is 1. The Bertz CT molecular complexity index is 344. The van der Waals surface area contributed by atoms with E-state index in [-0.39, 0.29) is 0 Å². The van der Waals surface area contributed by atoms with Crippen LogP contribution in [0.15, 0.2) is 30.5 Å². The lowest BCUT2D eigenvalue weighted by atomic mass is 10.0. The molecule has 2 heteroatoms. The van der Waals surface area contributed by atoms with Crippen molar-refractivity contribution in [2.24, 2.45) is 0 Å². The van der Waals surface area contributed by atoms with Crippen molar-refractivity contribution in [2.45, 2.75) is 53.9 Å². The topological polar surface area (TPSA) is 16.1 Å². The zero-order valence-electron chi connectivity index (χ0n) is 14.0. The molecule has 0 spiro atoms. The van der Waals surface area contributed by atoms with E-state index in [1.54, 1.807) is 0 Å². The molecule has 1 aliphatic rings. The molecular weight excluding hydrogens is 244 g/mol. The van der Waals surface area contributed by atoms with Crippen LogP contribution in [0, 0.1) is 0 Å². The standard InChI is InChI=1S/C14H20N2.2C2H6/c1-2-3-10-16-11-7-13(8-12-16)14-6-4-5-9-15-14;2*1-2/h4-7,9H,2-3,8,10-12H2,1H3;2*1-2H3. The molecule has 0 amide bonds. The summed E-state index contributed by atoms with van der Waals surface area (Å²) >= 11 is 0. The summed E-state index contributed by atoms with van der Waals surface area (Å²) < 4.78 is 0. The van der Waals surface area contributed by atoms with Gasteiger partial charge in [0.05, 0.1) is 5.69 Å². The van der Waals surface area contributed by atoms with Crippen LogP contribution in [0.5, 0.6) is 0 Å². The fraction of sp³-hybridized carbons (Fsp3) is 0.611. The summed E-state index contributed by atoms with van der Waals surface area (Å²) in [6, 6.07) is 6.14. The number of hydrogen-bond donors (Lipinski definition) is 0. The van der Waals surface area contributed by atoms with Gasteiger partial charge in [0.15, 0.2) is 0 Å². The van der Waals surface area contributed by atoms with Crippen LogP contribution in [0.25, 0.3) is 5.57 Å². The summed E-state index contributed by atoms with van der Waals surface area (Å²) in [5, 5.41) is 0. The van der Waals surface area contributed by atoms with Crippen LogP contribution in [0.1, 0.15) is 59.6 Å². The molecule has 0 N–H and O–H groups in total. The van der Waals surface area contributed by atoms with Crippen molar-refractivity contribution in [2.75, 3.05) is 19.6 Å². The first kappa shape index (κ1) is 18.9. The highest BCUT2D eigenvalue weighted by atomic mass is 15.1. The van der Waals surface area contributed by atoms with Crippen molar-refractivity contribution >= 4 is 5.57 Å². The molecule has 2 heterocycles. The highest BCUT2D eigenvalue weighted by Crippen LogP contribution is 2.20. The average molecular weight is 276 g/mol. The van der Waals surface area contributed by atoms with Crippen molar-refractivity contribution in [3.63, 3.8) is 0 Å². The Kier molecular flexibility index (Phi) is 12.1. The summed E-state index contributed by atoms with van der Waals surface area (Å²) in [5.74, 6) is 0. The van der Waals surface area contributed by atoms with Gasteiger partial charge in [-0.1, -0.05) is 53.2 Å². The molecule has 114 valence electrons. The first-order valence-electron chi connectivity index (χ1n) is 8.23. The van der Waals surface area contributed by atoms with E-state index in [9.17, 15) is 0 Å². The van der Waals surface area contributed by atoms with E-state index in [0.717, 1.165) is 18.7 Å². The molecule has 1 aromatic rings. The first-order chi connectivity index (χ1) is 9.90. The van der Waals surface area contributed by atoms with E-state index >= 15 is 0 Å². The summed E-state index contributed by atoms with van der Waals surface area (Å²) in [4.78, 5) is 6.93. The monoisotopic (exact) mass is 276 g/mol. The molecule has 20 heavy (non-hydrogen) atoms. The van der Waals surface area contributed by atoms with Gasteiger partial charge < -0.3 is 0 Å². The molecule has 0 bridgehead atoms. The van der Waals surface area contributed by atoms with E-state index < -0.39 is 0 Å². The lowest BCUT2D eigenvalue weighted by Gasteiger charge is -2.25. The van der Waals surface area contributed by atoms with Gasteiger partial charge in [0, 0.05) is 19.3 Å². The zero-order chi connectivity index (χ0) is 15.2. The first-order valence-corrected chi connectivity index (χ1v) is 8.23. The van der Waals surface area contributed by atoms with Gasteiger partial charge in [-0.15, -0.1) is 0 Å². The number of unbranched alkanes of at least 4 members (excludes halogenated alkanes) is 1. The van der Waals surface area contributed by atoms with Gasteiger partial charge in [-0.3, -0.25) is 9.88 Å². The van der Waals surface area contributed by atoms with Gasteiger partial charge in [0.1, 0.15) is 0 Å². The Labute approximate surface area is 125 Å². The molecule has 0 saturated carbocycles. The minimum absolute atomic E-state index is 1.09. The van der Waals surface area contributed by atoms with Crippen LogP contribution in [0.2, 0.25) is 0 Å². The Balaban J connectivity index is 0.000000829. The molecule has 0 atom stereocenters. The fourth-order valence-corrected chi connectivity index (χ4v) is 2.08. The molecule has 1 aromatic heterocycles. The van der Waals surface area contributed by atoms with E-state index in [1.165, 1.54) is 31.5 Å². The molecule has 0 fully saturated rings. The predicted molar refractivity (Wildman–Crippen MR) is 90.9 cm³/mol. The molecule has 0 radical (unpaired) electrons. The molecule has 1 aliphatic heterocycles. The fourth-order valence-electron chi connectivity index (χ4n) is 2.08. The number of aromatic nitrogens is 1. The second kappa shape index (κ2) is 12.9. The largest absolute Gasteiger partial charge is 0.299 e. The van der Waals surface area contributed by atoms with Crippen LogP contribution in [0.3, 0.4) is 0 Å². The summed E-state index contributed by atoms with van der Waals surface area (Å²) in [6.45, 7) is 13.8. The van der Waals surface area contributed by atoms with Crippen LogP contribution in [-0.2, 0) is 0 Å². The van der Waals surface area contributed by atoms with Gasteiger partial charge in [0.25, 0.3) is 0 Å². The van der Waals surface area contributed by atoms with E-state index in [2.05, 4.69) is 35.0 Å². The maximum atomic E-state index is 4.40. The third-order valence-electron chi connectivity index (χ3n) is 3.12. The number of nitrogens with zero attached hydrogens (tertiary/aromatic N) is 2. The molecule has 0 aromatic carbocycles. The van der Waals surface area contributed by atoms with Gasteiger partial charge in [-0.25, -0.2) is 0 Å². The van der Waals surface area contributed by atoms with Crippen LogP contribution >= 0.6 is 0 Å². The Morgan fingerprint density at radius 3 is 2.40 bits per heavy atom. The quantitative estimate of drug-likeness (QED) is 0.767. The van der Waals surface area contributed by atoms with Crippen molar-refractivity contribution in [1.29, 1.82) is 0 Å². The maximum absolute atomic E-state index is 4.40. The van der Waals surface area contributed by atoms with E-state index in [1.807, 2.05) is 40.0 Å². The molecular formula is C18H32N2. The van der Waals surface area contributed by atoms with Crippen LogP contribution in [-0.4, -0.2) is 29.5 Å². The Hall–Kier alpha value is -1.15. The SMILES string of the molecule is CC.CC.CCCCN1CC=C(c2ccccn2)CC1. The van der Waals surface area contributed by atoms with Crippen LogP contribution in [0.4, 0.5) is 0 Å². The van der Waals surface area contributed by atoms with Gasteiger partial charge >= 0.3 is 0 Å². The van der Waals surface area contributed by atoms with E-state index in [4.69, 9.17) is 0 Å². The summed E-state index contributed by atoms with van der Waals surface area (Å²) in [6.07, 6.45) is 7.95. The molecule has 0 unspecified atom stereocenters. The number of rotatable bonds is 4. The normalized spacial score (nSPS) is 14.3. The molecule has 2 rings (SSSR count). The van der Waals surface area contributed by atoms with Crippen molar-refractivity contribution < 1.29 is 0 Å². The smallest absolute Gasteiger partial charge is 0.0659 e.